The molecular formula is C64H85ClN6O15. The molecule has 0 radical (unpaired) electrons. The van der Waals surface area contributed by atoms with Crippen molar-refractivity contribution in [3.05, 3.63) is 82.5 Å². The van der Waals surface area contributed by atoms with Gasteiger partial charge in [0.15, 0.2) is 5.78 Å². The van der Waals surface area contributed by atoms with E-state index < -0.39 is 89.8 Å². The van der Waals surface area contributed by atoms with Crippen molar-refractivity contribution in [2.45, 2.75) is 186 Å². The maximum atomic E-state index is 14.6. The van der Waals surface area contributed by atoms with Crippen LogP contribution in [0, 0.1) is 23.7 Å². The van der Waals surface area contributed by atoms with Gasteiger partial charge in [0.1, 0.15) is 46.1 Å². The van der Waals surface area contributed by atoms with Gasteiger partial charge in [-0.15, -0.1) is 0 Å². The SMILES string of the molecule is COc1cc2cc(c1Cl)N(C)C(=O)C[C@H](OC(=O)Nc1ccc(CC(=O)[C@H](CCCNC(N)=O)NC(=O)[C@@H](CC(=O)CCCCC(C)OC(=O)C3CCC3)C(C)C)c3ncccc13)[C@]1(C)O[C@H]1[C@H](C)[C@@H]1C[C@@](O)(CC(=O)O1)[C@H](OC)/C=C/C=C(\C)C2. The van der Waals surface area contributed by atoms with E-state index in [0.29, 0.717) is 53.6 Å². The van der Waals surface area contributed by atoms with Crippen molar-refractivity contribution in [2.75, 3.05) is 38.0 Å². The number of hydrogen-bond donors (Lipinski definition) is 5. The molecule has 1 unspecified atom stereocenters. The van der Waals surface area contributed by atoms with E-state index in [1.54, 1.807) is 69.4 Å². The van der Waals surface area contributed by atoms with Gasteiger partial charge in [0.2, 0.25) is 11.8 Å². The molecule has 86 heavy (non-hydrogen) atoms. The van der Waals surface area contributed by atoms with Gasteiger partial charge in [-0.05, 0) is 120 Å². The molecule has 468 valence electrons. The minimum absolute atomic E-state index is 0.00339. The number of carbonyl (C=O) groups excluding carboxylic acids is 8. The molecule has 3 aliphatic heterocycles. The monoisotopic (exact) mass is 1210 g/mol. The fourth-order valence-corrected chi connectivity index (χ4v) is 12.1. The predicted octanol–water partition coefficient (Wildman–Crippen LogP) is 8.74. The number of amides is 5. The summed E-state index contributed by atoms with van der Waals surface area (Å²) in [6.07, 6.45) is 6.65. The van der Waals surface area contributed by atoms with E-state index in [4.69, 9.17) is 45.8 Å². The third kappa shape index (κ3) is 17.0. The first kappa shape index (κ1) is 66.6. The number of pyridine rings is 1. The van der Waals surface area contributed by atoms with Crippen molar-refractivity contribution in [3.63, 3.8) is 0 Å². The molecule has 3 fully saturated rings. The molecule has 4 heterocycles. The molecule has 22 heteroatoms. The molecule has 7 rings (SSSR count). The van der Waals surface area contributed by atoms with Gasteiger partial charge in [-0.2, -0.15) is 0 Å². The number of carbonyl (C=O) groups is 8. The Morgan fingerprint density at radius 1 is 1.02 bits per heavy atom. The Morgan fingerprint density at radius 3 is 2.47 bits per heavy atom. The average Bonchev–Trinajstić information content (AvgIpc) is 1.71. The summed E-state index contributed by atoms with van der Waals surface area (Å²) in [5.74, 6) is -3.45. The Hall–Kier alpha value is -6.94. The van der Waals surface area contributed by atoms with Gasteiger partial charge in [0, 0.05) is 69.8 Å². The summed E-state index contributed by atoms with van der Waals surface area (Å²) in [7, 11) is 4.48. The Kier molecular flexibility index (Phi) is 22.9. The molecule has 1 aliphatic carbocycles. The van der Waals surface area contributed by atoms with E-state index in [1.807, 2.05) is 33.8 Å². The number of primary amides is 1. The number of rotatable bonds is 23. The number of nitrogens with two attached hydrogens (primary N) is 1. The minimum atomic E-state index is -1.65. The number of hydrogen-bond acceptors (Lipinski definition) is 16. The maximum Gasteiger partial charge on any atom is 0.412 e. The number of aromatic nitrogens is 1. The van der Waals surface area contributed by atoms with Crippen LogP contribution in [0.4, 0.5) is 21.0 Å². The standard InChI is InChI=1S/C64H85ClN6O15/c1-36(2)45(32-43(72)20-11-10-17-38(4)83-60(77)41-18-13-19-41)59(76)69-47(22-15-27-68-61(66)78)49(73)31-42-24-25-46(44-21-14-26-67-57(42)44)70-62(79)85-53-33-54(74)71(7)48-29-40(30-50(81-8)56(48)65)28-37(3)16-12-23-52(82-9)64(80)34-51(84-55(75)35-64)39(5)58-63(53,6)86-58/h12,14,16,21,23-26,29-30,36,38-39,41,45,47,51-53,58,80H,10-11,13,15,17-20,22,27-28,31-35H2,1-9H3,(H,69,76)(H,70,79)(H3,66,68,78)/b23-12+,37-16+/t38?,39-,45+,47+,51+,52-,53+,58+,63+,64-/m1/s1. The zero-order valence-electron chi connectivity index (χ0n) is 50.9. The lowest BCUT2D eigenvalue weighted by molar-refractivity contribution is -0.187. The smallest absolute Gasteiger partial charge is 0.412 e. The molecule has 2 aromatic carbocycles. The van der Waals surface area contributed by atoms with Gasteiger partial charge in [-0.25, -0.2) is 9.59 Å². The molecule has 1 saturated carbocycles. The van der Waals surface area contributed by atoms with Gasteiger partial charge < -0.3 is 54.8 Å². The van der Waals surface area contributed by atoms with Crippen molar-refractivity contribution < 1.29 is 71.9 Å². The first-order valence-electron chi connectivity index (χ1n) is 29.9. The molecule has 6 N–H and O–H groups in total. The Balaban J connectivity index is 1.08. The Labute approximate surface area is 508 Å². The summed E-state index contributed by atoms with van der Waals surface area (Å²) in [5.41, 5.74) is 5.46. The van der Waals surface area contributed by atoms with Crippen molar-refractivity contribution >= 4 is 81.3 Å². The third-order valence-corrected chi connectivity index (χ3v) is 17.6. The number of methoxy groups -OCH3 is 2. The fourth-order valence-electron chi connectivity index (χ4n) is 11.8. The van der Waals surface area contributed by atoms with Crippen molar-refractivity contribution in [1.29, 1.82) is 0 Å². The van der Waals surface area contributed by atoms with Gasteiger partial charge in [-0.3, -0.25) is 39.1 Å². The second-order valence-electron chi connectivity index (χ2n) is 24.2. The minimum Gasteiger partial charge on any atom is -0.495 e. The number of Topliss-reactive ketones (excluding diaryl/α,β-unsaturated/α-hetero) is 2. The summed E-state index contributed by atoms with van der Waals surface area (Å²) in [6.45, 7) is 11.1. The number of unbranched alkanes of at least 4 members (excludes halogenated alkanes) is 1. The maximum absolute atomic E-state index is 14.6. The first-order valence-corrected chi connectivity index (χ1v) is 30.2. The van der Waals surface area contributed by atoms with E-state index in [-0.39, 0.29) is 97.7 Å². The van der Waals surface area contributed by atoms with E-state index in [0.717, 1.165) is 30.4 Å². The molecule has 2 saturated heterocycles. The fraction of sp³-hybridized carbons (Fsp3) is 0.578. The van der Waals surface area contributed by atoms with Gasteiger partial charge in [0.25, 0.3) is 0 Å². The quantitative estimate of drug-likeness (QED) is 0.0257. The largest absolute Gasteiger partial charge is 0.495 e. The summed E-state index contributed by atoms with van der Waals surface area (Å²) in [5, 5.41) is 21.0. The summed E-state index contributed by atoms with van der Waals surface area (Å²) >= 11 is 6.89. The van der Waals surface area contributed by atoms with Crippen LogP contribution in [0.5, 0.6) is 5.75 Å². The molecule has 10 atom stereocenters. The van der Waals surface area contributed by atoms with Crippen LogP contribution in [-0.4, -0.2) is 133 Å². The van der Waals surface area contributed by atoms with Gasteiger partial charge >= 0.3 is 24.1 Å². The molecular weight excluding hydrogens is 1130 g/mol. The summed E-state index contributed by atoms with van der Waals surface area (Å²) < 4.78 is 35.5. The molecule has 0 spiro atoms. The number of ether oxygens (including phenoxy) is 6. The highest BCUT2D eigenvalue weighted by Crippen LogP contribution is 2.50. The number of nitrogens with one attached hydrogen (secondary N) is 3. The van der Waals surface area contributed by atoms with E-state index in [9.17, 15) is 43.5 Å². The van der Waals surface area contributed by atoms with Crippen molar-refractivity contribution in [1.82, 2.24) is 15.6 Å². The van der Waals surface area contributed by atoms with Crippen LogP contribution in [0.1, 0.15) is 136 Å². The molecule has 4 aliphatic rings. The number of esters is 2. The van der Waals surface area contributed by atoms with Crippen LogP contribution in [0.15, 0.2) is 66.4 Å². The number of epoxide rings is 1. The van der Waals surface area contributed by atoms with E-state index in [2.05, 4.69) is 20.9 Å². The molecule has 21 nitrogen and oxygen atoms in total. The number of halogens is 1. The van der Waals surface area contributed by atoms with Crippen LogP contribution < -0.4 is 31.3 Å². The highest BCUT2D eigenvalue weighted by Gasteiger charge is 2.64. The zero-order valence-corrected chi connectivity index (χ0v) is 51.6. The van der Waals surface area contributed by atoms with Crippen LogP contribution >= 0.6 is 11.6 Å². The van der Waals surface area contributed by atoms with E-state index >= 15 is 0 Å². The third-order valence-electron chi connectivity index (χ3n) is 17.2. The molecule has 5 amide bonds. The predicted molar refractivity (Wildman–Crippen MR) is 322 cm³/mol. The van der Waals surface area contributed by atoms with Gasteiger partial charge in [-0.1, -0.05) is 68.7 Å². The van der Waals surface area contributed by atoms with E-state index in [1.165, 1.54) is 25.3 Å². The lowest BCUT2D eigenvalue weighted by Crippen LogP contribution is -2.53. The topological polar surface area (TPSA) is 294 Å². The number of aliphatic hydroxyl groups is 1. The summed E-state index contributed by atoms with van der Waals surface area (Å²) in [6, 6.07) is 8.37. The number of anilines is 2. The number of urea groups is 1. The first-order chi connectivity index (χ1) is 40.8. The number of ketones is 2. The number of benzene rings is 2. The van der Waals surface area contributed by atoms with Crippen molar-refractivity contribution in [3.8, 4) is 5.75 Å². The summed E-state index contributed by atoms with van der Waals surface area (Å²) in [4.78, 5) is 114. The van der Waals surface area contributed by atoms with Crippen LogP contribution in [0.25, 0.3) is 10.9 Å². The number of allylic oxidation sites excluding steroid dienone is 3. The second kappa shape index (κ2) is 29.6. The Bertz CT molecular complexity index is 3060. The molecule has 1 aromatic heterocycles. The molecule has 4 bridgehead atoms. The van der Waals surface area contributed by atoms with Crippen LogP contribution in [0.3, 0.4) is 0 Å². The van der Waals surface area contributed by atoms with Crippen molar-refractivity contribution in [2.24, 2.45) is 29.4 Å². The number of nitrogens with zero attached hydrogens (tertiary/aromatic N) is 2. The second-order valence-corrected chi connectivity index (χ2v) is 24.5. The lowest BCUT2D eigenvalue weighted by atomic mass is 9.78. The highest BCUT2D eigenvalue weighted by atomic mass is 35.5. The van der Waals surface area contributed by atoms with Gasteiger partial charge in [0.05, 0.1) is 61.0 Å². The molecule has 3 aromatic rings. The van der Waals surface area contributed by atoms with Crippen LogP contribution in [-0.2, 0) is 65.3 Å². The average molecular weight is 1210 g/mol. The number of fused-ring (bicyclic) bond motifs is 6. The Morgan fingerprint density at radius 2 is 1.78 bits per heavy atom. The highest BCUT2D eigenvalue weighted by molar-refractivity contribution is 6.35. The van der Waals surface area contributed by atoms with Crippen LogP contribution in [0.2, 0.25) is 5.02 Å². The lowest BCUT2D eigenvalue weighted by Gasteiger charge is -2.41. The zero-order chi connectivity index (χ0) is 62.6. The normalized spacial score (nSPS) is 25.4.